The average molecular weight is 512 g/mol. The molecule has 0 spiro atoms. The second-order valence-electron chi connectivity index (χ2n) is 8.09. The molecule has 1 aliphatic rings. The van der Waals surface area contributed by atoms with Gasteiger partial charge in [0.05, 0.1) is 6.61 Å². The number of aromatic amines is 1. The number of hydrogen-bond donors (Lipinski definition) is 3. The number of rotatable bonds is 10. The second kappa shape index (κ2) is 11.2. The van der Waals surface area contributed by atoms with Crippen LogP contribution in [0.4, 0.5) is 0 Å². The van der Waals surface area contributed by atoms with Crippen molar-refractivity contribution in [2.45, 2.75) is 24.0 Å². The zero-order valence-corrected chi connectivity index (χ0v) is 19.4. The number of aliphatic hydroxyl groups excluding tert-OH is 1. The Labute approximate surface area is 209 Å². The van der Waals surface area contributed by atoms with Gasteiger partial charge in [0.2, 0.25) is 11.4 Å². The van der Waals surface area contributed by atoms with E-state index in [1.807, 2.05) is 4.98 Å². The van der Waals surface area contributed by atoms with Gasteiger partial charge in [-0.15, -0.1) is 0 Å². The number of esters is 1. The Bertz CT molecular complexity index is 1340. The molecule has 0 saturated carbocycles. The van der Waals surface area contributed by atoms with Crippen LogP contribution in [0, 0.1) is 0 Å². The van der Waals surface area contributed by atoms with Gasteiger partial charge in [0.15, 0.2) is 18.9 Å². The molecule has 12 heteroatoms. The molecule has 3 N–H and O–H groups in total. The van der Waals surface area contributed by atoms with E-state index in [1.165, 1.54) is 0 Å². The van der Waals surface area contributed by atoms with Crippen LogP contribution in [-0.2, 0) is 19.1 Å². The van der Waals surface area contributed by atoms with Gasteiger partial charge in [0.1, 0.15) is 24.2 Å². The van der Waals surface area contributed by atoms with E-state index in [2.05, 4.69) is 0 Å². The average Bonchev–Trinajstić information content (AvgIpc) is 3.19. The van der Waals surface area contributed by atoms with E-state index in [1.54, 1.807) is 60.7 Å². The molecular formula is C25H24N2O10. The fourth-order valence-electron chi connectivity index (χ4n) is 3.87. The van der Waals surface area contributed by atoms with Crippen LogP contribution in [0.3, 0.4) is 0 Å². The molecule has 0 aliphatic carbocycles. The number of Topliss-reactive ketones (excluding diaryl/α,β-unsaturated/α-hetero) is 1. The Balaban J connectivity index is 1.63. The van der Waals surface area contributed by atoms with Crippen LogP contribution in [0.1, 0.15) is 6.23 Å². The third-order valence-electron chi connectivity index (χ3n) is 5.65. The second-order valence-corrected chi connectivity index (χ2v) is 8.09. The van der Waals surface area contributed by atoms with E-state index in [0.717, 1.165) is 16.8 Å². The van der Waals surface area contributed by atoms with Crippen molar-refractivity contribution in [2.24, 2.45) is 0 Å². The van der Waals surface area contributed by atoms with Crippen molar-refractivity contribution in [3.63, 3.8) is 0 Å². The summed E-state index contributed by atoms with van der Waals surface area (Å²) in [5.74, 6) is -1.28. The number of aliphatic hydroxyl groups is 2. The summed E-state index contributed by atoms with van der Waals surface area (Å²) >= 11 is 0. The molecule has 2 heterocycles. The number of ether oxygens (including phenoxy) is 4. The van der Waals surface area contributed by atoms with E-state index in [4.69, 9.17) is 18.9 Å². The van der Waals surface area contributed by atoms with E-state index in [-0.39, 0.29) is 0 Å². The molecule has 0 bridgehead atoms. The molecule has 194 valence electrons. The van der Waals surface area contributed by atoms with Gasteiger partial charge in [0.25, 0.3) is 5.56 Å². The van der Waals surface area contributed by atoms with Crippen molar-refractivity contribution in [1.29, 1.82) is 0 Å². The summed E-state index contributed by atoms with van der Waals surface area (Å²) in [6, 6.07) is 17.6. The van der Waals surface area contributed by atoms with E-state index < -0.39 is 66.9 Å². The smallest absolute Gasteiger partial charge is 0.344 e. The number of carbonyl (C=O) groups is 2. The first kappa shape index (κ1) is 25.8. The molecule has 4 rings (SSSR count). The lowest BCUT2D eigenvalue weighted by Crippen LogP contribution is -2.58. The normalized spacial score (nSPS) is 22.8. The summed E-state index contributed by atoms with van der Waals surface area (Å²) in [5.41, 5.74) is -4.41. The lowest BCUT2D eigenvalue weighted by Gasteiger charge is -2.32. The Morgan fingerprint density at radius 2 is 1.54 bits per heavy atom. The molecule has 2 aromatic carbocycles. The number of aromatic nitrogens is 2. The molecule has 1 fully saturated rings. The first-order chi connectivity index (χ1) is 17.8. The molecular weight excluding hydrogens is 488 g/mol. The standard InChI is InChI=1S/C25H24N2O10/c28-13-18-22(37-21(31)15-35-17-9-5-2-6-10-17)25(33,19(29)14-34-16-7-3-1-4-8-16)23(36-18)27-12-11-20(30)26-24(27)32/h1-12,18,22-23,28,33H,13-15H2,(H,26,30,32)/t18-,22-,23-,25-/m1/s1. The van der Waals surface area contributed by atoms with Gasteiger partial charge in [-0.1, -0.05) is 36.4 Å². The molecule has 37 heavy (non-hydrogen) atoms. The van der Waals surface area contributed by atoms with Gasteiger partial charge in [-0.2, -0.15) is 0 Å². The van der Waals surface area contributed by atoms with Gasteiger partial charge < -0.3 is 29.2 Å². The number of H-pyrrole nitrogens is 1. The third-order valence-corrected chi connectivity index (χ3v) is 5.65. The van der Waals surface area contributed by atoms with Crippen molar-refractivity contribution in [1.82, 2.24) is 9.55 Å². The zero-order chi connectivity index (χ0) is 26.4. The largest absolute Gasteiger partial charge is 0.486 e. The van der Waals surface area contributed by atoms with Crippen molar-refractivity contribution in [3.8, 4) is 11.5 Å². The topological polar surface area (TPSA) is 166 Å². The van der Waals surface area contributed by atoms with Crippen LogP contribution >= 0.6 is 0 Å². The molecule has 0 amide bonds. The van der Waals surface area contributed by atoms with Crippen LogP contribution in [0.2, 0.25) is 0 Å². The first-order valence-corrected chi connectivity index (χ1v) is 11.2. The Morgan fingerprint density at radius 3 is 2.11 bits per heavy atom. The summed E-state index contributed by atoms with van der Waals surface area (Å²) in [4.78, 5) is 52.1. The minimum Gasteiger partial charge on any atom is -0.486 e. The Kier molecular flexibility index (Phi) is 7.82. The molecule has 3 aromatic rings. The van der Waals surface area contributed by atoms with Crippen molar-refractivity contribution in [3.05, 3.63) is 93.8 Å². The predicted molar refractivity (Wildman–Crippen MR) is 126 cm³/mol. The maximum Gasteiger partial charge on any atom is 0.344 e. The van der Waals surface area contributed by atoms with Crippen molar-refractivity contribution < 1.29 is 38.7 Å². The van der Waals surface area contributed by atoms with E-state index in [9.17, 15) is 29.4 Å². The van der Waals surface area contributed by atoms with Gasteiger partial charge in [-0.25, -0.2) is 9.59 Å². The van der Waals surface area contributed by atoms with Gasteiger partial charge in [0, 0.05) is 12.3 Å². The van der Waals surface area contributed by atoms with E-state index in [0.29, 0.717) is 11.5 Å². The first-order valence-electron chi connectivity index (χ1n) is 11.2. The number of benzene rings is 2. The highest BCUT2D eigenvalue weighted by atomic mass is 16.6. The monoisotopic (exact) mass is 512 g/mol. The summed E-state index contributed by atoms with van der Waals surface area (Å²) in [6.07, 6.45) is -3.91. The number of nitrogens with one attached hydrogen (secondary N) is 1. The summed E-state index contributed by atoms with van der Waals surface area (Å²) in [6.45, 7) is -2.04. The van der Waals surface area contributed by atoms with Gasteiger partial charge in [-0.3, -0.25) is 19.1 Å². The van der Waals surface area contributed by atoms with Crippen LogP contribution in [0.25, 0.3) is 0 Å². The van der Waals surface area contributed by atoms with Crippen LogP contribution < -0.4 is 20.7 Å². The number of para-hydroxylation sites is 2. The fraction of sp³-hybridized carbons (Fsp3) is 0.280. The number of nitrogens with zero attached hydrogens (tertiary/aromatic N) is 1. The quantitative estimate of drug-likeness (QED) is 0.310. The van der Waals surface area contributed by atoms with Gasteiger partial charge in [-0.05, 0) is 24.3 Å². The predicted octanol–water partition coefficient (Wildman–Crippen LogP) is -0.204. The Morgan fingerprint density at radius 1 is 0.946 bits per heavy atom. The highest BCUT2D eigenvalue weighted by Gasteiger charge is 2.63. The molecule has 0 unspecified atom stereocenters. The number of carbonyl (C=O) groups excluding carboxylic acids is 2. The Hall–Kier alpha value is -4.26. The van der Waals surface area contributed by atoms with Gasteiger partial charge >= 0.3 is 11.7 Å². The van der Waals surface area contributed by atoms with Crippen molar-refractivity contribution in [2.75, 3.05) is 19.8 Å². The third kappa shape index (κ3) is 5.61. The lowest BCUT2D eigenvalue weighted by molar-refractivity contribution is -0.176. The molecule has 4 atom stereocenters. The molecule has 1 saturated heterocycles. The molecule has 1 aliphatic heterocycles. The lowest BCUT2D eigenvalue weighted by atomic mass is 9.89. The summed E-state index contributed by atoms with van der Waals surface area (Å²) in [5, 5.41) is 21.6. The maximum atomic E-state index is 13.4. The number of ketones is 1. The minimum atomic E-state index is -2.69. The summed E-state index contributed by atoms with van der Waals surface area (Å²) < 4.78 is 22.6. The van der Waals surface area contributed by atoms with Crippen LogP contribution in [0.15, 0.2) is 82.5 Å². The van der Waals surface area contributed by atoms with Crippen LogP contribution in [-0.4, -0.2) is 69.1 Å². The highest BCUT2D eigenvalue weighted by Crippen LogP contribution is 2.40. The molecule has 1 aromatic heterocycles. The maximum absolute atomic E-state index is 13.4. The fourth-order valence-corrected chi connectivity index (χ4v) is 3.87. The van der Waals surface area contributed by atoms with Crippen LogP contribution in [0.5, 0.6) is 11.5 Å². The number of hydrogen-bond acceptors (Lipinski definition) is 10. The highest BCUT2D eigenvalue weighted by molar-refractivity contribution is 5.90. The zero-order valence-electron chi connectivity index (χ0n) is 19.4. The summed E-state index contributed by atoms with van der Waals surface area (Å²) in [7, 11) is 0. The van der Waals surface area contributed by atoms with E-state index >= 15 is 0 Å². The van der Waals surface area contributed by atoms with Crippen molar-refractivity contribution >= 4 is 11.8 Å². The molecule has 0 radical (unpaired) electrons. The SMILES string of the molecule is O=C(COc1ccccc1)O[C@@H]1[C@@H](CO)O[C@@H](n2ccc(=O)[nH]c2=O)[C@@]1(O)C(=O)COc1ccccc1. The minimum absolute atomic E-state index is 0.319. The molecule has 12 nitrogen and oxygen atoms in total.